The third kappa shape index (κ3) is 3.83. The molecule has 0 saturated carbocycles. The minimum Gasteiger partial charge on any atom is -0.311 e. The molecule has 0 fully saturated rings. The Morgan fingerprint density at radius 1 is 1.50 bits per heavy atom. The van der Waals surface area contributed by atoms with Crippen molar-refractivity contribution in [2.24, 2.45) is 0 Å². The zero-order chi connectivity index (χ0) is 12.0. The van der Waals surface area contributed by atoms with E-state index in [-0.39, 0.29) is 0 Å². The lowest BCUT2D eigenvalue weighted by Gasteiger charge is -2.18. The largest absolute Gasteiger partial charge is 0.311 e. The SMILES string of the molecule is CCCn1nccc1C(CSC(C)C)NC. The van der Waals surface area contributed by atoms with Crippen molar-refractivity contribution in [3.63, 3.8) is 0 Å². The van der Waals surface area contributed by atoms with Gasteiger partial charge in [0.25, 0.3) is 0 Å². The van der Waals surface area contributed by atoms with Gasteiger partial charge in [-0.15, -0.1) is 0 Å². The third-order valence-corrected chi connectivity index (χ3v) is 3.68. The summed E-state index contributed by atoms with van der Waals surface area (Å²) >= 11 is 1.99. The highest BCUT2D eigenvalue weighted by atomic mass is 32.2. The fraction of sp³-hybridized carbons (Fsp3) is 0.750. The lowest BCUT2D eigenvalue weighted by Crippen LogP contribution is -2.23. The molecule has 1 aromatic heterocycles. The van der Waals surface area contributed by atoms with Gasteiger partial charge in [-0.05, 0) is 24.8 Å². The Morgan fingerprint density at radius 3 is 2.81 bits per heavy atom. The molecule has 0 amide bonds. The summed E-state index contributed by atoms with van der Waals surface area (Å²) in [5.74, 6) is 1.10. The zero-order valence-corrected chi connectivity index (χ0v) is 11.5. The van der Waals surface area contributed by atoms with E-state index < -0.39 is 0 Å². The van der Waals surface area contributed by atoms with Gasteiger partial charge in [-0.3, -0.25) is 4.68 Å². The van der Waals surface area contributed by atoms with E-state index in [1.165, 1.54) is 5.69 Å². The first-order valence-corrected chi connectivity index (χ1v) is 7.04. The number of aromatic nitrogens is 2. The normalized spacial score (nSPS) is 13.3. The van der Waals surface area contributed by atoms with Crippen molar-refractivity contribution in [1.82, 2.24) is 15.1 Å². The van der Waals surface area contributed by atoms with E-state index in [4.69, 9.17) is 0 Å². The van der Waals surface area contributed by atoms with Gasteiger partial charge in [-0.1, -0.05) is 20.8 Å². The van der Waals surface area contributed by atoms with Crippen LogP contribution in [0.2, 0.25) is 0 Å². The number of rotatable bonds is 7. The summed E-state index contributed by atoms with van der Waals surface area (Å²) in [6.07, 6.45) is 3.03. The highest BCUT2D eigenvalue weighted by Crippen LogP contribution is 2.20. The Bertz CT molecular complexity index is 296. The monoisotopic (exact) mass is 241 g/mol. The van der Waals surface area contributed by atoms with Crippen LogP contribution in [0.5, 0.6) is 0 Å². The predicted molar refractivity (Wildman–Crippen MR) is 71.9 cm³/mol. The lowest BCUT2D eigenvalue weighted by molar-refractivity contribution is 0.524. The van der Waals surface area contributed by atoms with Crippen LogP contribution in [0.25, 0.3) is 0 Å². The van der Waals surface area contributed by atoms with Crippen LogP contribution in [0.4, 0.5) is 0 Å². The van der Waals surface area contributed by atoms with E-state index in [1.54, 1.807) is 0 Å². The minimum absolute atomic E-state index is 0.404. The molecule has 0 aliphatic heterocycles. The van der Waals surface area contributed by atoms with Gasteiger partial charge in [0.15, 0.2) is 0 Å². The first-order valence-electron chi connectivity index (χ1n) is 5.99. The van der Waals surface area contributed by atoms with Gasteiger partial charge in [-0.2, -0.15) is 16.9 Å². The van der Waals surface area contributed by atoms with Gasteiger partial charge >= 0.3 is 0 Å². The number of aryl methyl sites for hydroxylation is 1. The number of hydrogen-bond acceptors (Lipinski definition) is 3. The van der Waals surface area contributed by atoms with E-state index >= 15 is 0 Å². The first kappa shape index (κ1) is 13.6. The molecule has 0 saturated heterocycles. The molecule has 1 N–H and O–H groups in total. The van der Waals surface area contributed by atoms with Crippen molar-refractivity contribution < 1.29 is 0 Å². The molecule has 0 spiro atoms. The Balaban J connectivity index is 2.66. The van der Waals surface area contributed by atoms with Crippen LogP contribution in [0.3, 0.4) is 0 Å². The molecule has 0 radical (unpaired) electrons. The molecule has 1 rings (SSSR count). The summed E-state index contributed by atoms with van der Waals surface area (Å²) in [4.78, 5) is 0. The molecule has 0 aromatic carbocycles. The molecular weight excluding hydrogens is 218 g/mol. The van der Waals surface area contributed by atoms with Crippen molar-refractivity contribution in [2.75, 3.05) is 12.8 Å². The average Bonchev–Trinajstić information content (AvgIpc) is 2.68. The van der Waals surface area contributed by atoms with Gasteiger partial charge in [-0.25, -0.2) is 0 Å². The standard InChI is InChI=1S/C12H23N3S/c1-5-8-15-12(6-7-14-15)11(13-4)9-16-10(2)3/h6-7,10-11,13H,5,8-9H2,1-4H3. The molecule has 16 heavy (non-hydrogen) atoms. The summed E-state index contributed by atoms with van der Waals surface area (Å²) in [7, 11) is 2.02. The highest BCUT2D eigenvalue weighted by molar-refractivity contribution is 7.99. The van der Waals surface area contributed by atoms with Gasteiger partial charge < -0.3 is 5.32 Å². The van der Waals surface area contributed by atoms with E-state index in [0.29, 0.717) is 11.3 Å². The molecule has 3 nitrogen and oxygen atoms in total. The van der Waals surface area contributed by atoms with Crippen molar-refractivity contribution in [2.45, 2.75) is 45.0 Å². The maximum absolute atomic E-state index is 4.37. The molecule has 0 aliphatic rings. The summed E-state index contributed by atoms with van der Waals surface area (Å²) in [5, 5.41) is 8.43. The topological polar surface area (TPSA) is 29.9 Å². The summed E-state index contributed by atoms with van der Waals surface area (Å²) in [6, 6.07) is 2.53. The van der Waals surface area contributed by atoms with Crippen LogP contribution < -0.4 is 5.32 Å². The fourth-order valence-corrected chi connectivity index (χ4v) is 2.56. The van der Waals surface area contributed by atoms with Gasteiger partial charge in [0.1, 0.15) is 0 Å². The second-order valence-electron chi connectivity index (χ2n) is 4.20. The Labute approximate surface area is 103 Å². The van der Waals surface area contributed by atoms with Gasteiger partial charge in [0.2, 0.25) is 0 Å². The Morgan fingerprint density at radius 2 is 2.25 bits per heavy atom. The van der Waals surface area contributed by atoms with E-state index in [9.17, 15) is 0 Å². The number of hydrogen-bond donors (Lipinski definition) is 1. The minimum atomic E-state index is 0.404. The molecule has 4 heteroatoms. The first-order chi connectivity index (χ1) is 7.69. The van der Waals surface area contributed by atoms with Crippen LogP contribution in [0, 0.1) is 0 Å². The van der Waals surface area contributed by atoms with Crippen molar-refractivity contribution >= 4 is 11.8 Å². The smallest absolute Gasteiger partial charge is 0.0581 e. The lowest BCUT2D eigenvalue weighted by atomic mass is 10.2. The van der Waals surface area contributed by atoms with Crippen molar-refractivity contribution in [1.29, 1.82) is 0 Å². The van der Waals surface area contributed by atoms with Crippen LogP contribution in [0.1, 0.15) is 38.9 Å². The number of thioether (sulfide) groups is 1. The molecule has 0 aliphatic carbocycles. The maximum atomic E-state index is 4.37. The molecule has 1 aromatic rings. The summed E-state index contributed by atoms with van der Waals surface area (Å²) in [6.45, 7) is 7.66. The Hall–Kier alpha value is -0.480. The predicted octanol–water partition coefficient (Wildman–Crippen LogP) is 2.70. The second-order valence-corrected chi connectivity index (χ2v) is 5.81. The Kier molecular flexibility index (Phi) is 5.91. The van der Waals surface area contributed by atoms with Crippen LogP contribution in [0.15, 0.2) is 12.3 Å². The highest BCUT2D eigenvalue weighted by Gasteiger charge is 2.14. The summed E-state index contributed by atoms with van der Waals surface area (Å²) in [5.41, 5.74) is 1.30. The van der Waals surface area contributed by atoms with Crippen molar-refractivity contribution in [3.8, 4) is 0 Å². The quantitative estimate of drug-likeness (QED) is 0.796. The van der Waals surface area contributed by atoms with Crippen LogP contribution in [-0.2, 0) is 6.54 Å². The van der Waals surface area contributed by atoms with E-state index in [0.717, 1.165) is 18.7 Å². The van der Waals surface area contributed by atoms with E-state index in [1.807, 2.05) is 25.0 Å². The van der Waals surface area contributed by atoms with E-state index in [2.05, 4.69) is 41.9 Å². The molecule has 92 valence electrons. The third-order valence-electron chi connectivity index (χ3n) is 2.49. The second kappa shape index (κ2) is 6.97. The average molecular weight is 241 g/mol. The maximum Gasteiger partial charge on any atom is 0.0581 e. The molecular formula is C12H23N3S. The molecule has 0 bridgehead atoms. The number of nitrogens with one attached hydrogen (secondary N) is 1. The zero-order valence-electron chi connectivity index (χ0n) is 10.7. The van der Waals surface area contributed by atoms with Crippen molar-refractivity contribution in [3.05, 3.63) is 18.0 Å². The van der Waals surface area contributed by atoms with Crippen LogP contribution in [-0.4, -0.2) is 27.8 Å². The summed E-state index contributed by atoms with van der Waals surface area (Å²) < 4.78 is 2.11. The molecule has 1 atom stereocenters. The fourth-order valence-electron chi connectivity index (χ4n) is 1.64. The molecule has 1 heterocycles. The van der Waals surface area contributed by atoms with Gasteiger partial charge in [0, 0.05) is 18.5 Å². The van der Waals surface area contributed by atoms with Crippen LogP contribution >= 0.6 is 11.8 Å². The van der Waals surface area contributed by atoms with Gasteiger partial charge in [0.05, 0.1) is 11.7 Å². The number of nitrogens with zero attached hydrogens (tertiary/aromatic N) is 2. The molecule has 1 unspecified atom stereocenters.